The largest absolute Gasteiger partial charge is 0.394 e. The highest BCUT2D eigenvalue weighted by Crippen LogP contribution is 2.35. The molecule has 5 nitrogen and oxygen atoms in total. The number of anilines is 1. The molecule has 32 heavy (non-hydrogen) atoms. The predicted molar refractivity (Wildman–Crippen MR) is 117 cm³/mol. The average molecular weight is 463 g/mol. The minimum atomic E-state index is -4.37. The van der Waals surface area contributed by atoms with Crippen LogP contribution in [0.2, 0.25) is 5.02 Å². The van der Waals surface area contributed by atoms with Crippen molar-refractivity contribution in [2.45, 2.75) is 56.8 Å². The van der Waals surface area contributed by atoms with Gasteiger partial charge in [0.2, 0.25) is 0 Å². The van der Waals surface area contributed by atoms with Crippen LogP contribution in [0.25, 0.3) is 16.8 Å². The van der Waals surface area contributed by atoms with Gasteiger partial charge in [0.05, 0.1) is 28.4 Å². The lowest BCUT2D eigenvalue weighted by Gasteiger charge is -2.34. The van der Waals surface area contributed by atoms with Gasteiger partial charge < -0.3 is 14.8 Å². The van der Waals surface area contributed by atoms with E-state index < -0.39 is 18.2 Å². The first kappa shape index (κ1) is 22.4. The zero-order valence-electron chi connectivity index (χ0n) is 17.4. The Morgan fingerprint density at radius 3 is 2.66 bits per heavy atom. The number of fused-ring (bicyclic) bond motifs is 1. The second-order valence-electron chi connectivity index (χ2n) is 8.56. The number of alkyl halides is 3. The Labute approximate surface area is 188 Å². The highest BCUT2D eigenvalue weighted by atomic mass is 35.5. The molecule has 1 saturated carbocycles. The number of aromatic nitrogens is 2. The van der Waals surface area contributed by atoms with Crippen LogP contribution >= 0.6 is 11.6 Å². The van der Waals surface area contributed by atoms with Crippen LogP contribution in [-0.4, -0.2) is 32.3 Å². The van der Waals surface area contributed by atoms with Crippen LogP contribution in [0.15, 0.2) is 36.7 Å². The quantitative estimate of drug-likeness (QED) is 0.518. The summed E-state index contributed by atoms with van der Waals surface area (Å²) in [7, 11) is 0. The third-order valence-corrected chi connectivity index (χ3v) is 6.27. The van der Waals surface area contributed by atoms with Crippen molar-refractivity contribution in [1.82, 2.24) is 9.38 Å². The van der Waals surface area contributed by atoms with Crippen LogP contribution < -0.4 is 5.32 Å². The molecule has 1 aliphatic carbocycles. The van der Waals surface area contributed by atoms with Gasteiger partial charge in [-0.3, -0.25) is 0 Å². The number of pyridine rings is 1. The maximum absolute atomic E-state index is 12.8. The Bertz CT molecular complexity index is 1190. The highest BCUT2D eigenvalue weighted by molar-refractivity contribution is 6.33. The van der Waals surface area contributed by atoms with Gasteiger partial charge in [0.15, 0.2) is 5.65 Å². The lowest BCUT2D eigenvalue weighted by atomic mass is 9.83. The Morgan fingerprint density at radius 1 is 1.31 bits per heavy atom. The maximum atomic E-state index is 12.8. The second kappa shape index (κ2) is 8.30. The van der Waals surface area contributed by atoms with E-state index in [1.54, 1.807) is 12.1 Å². The number of halogens is 4. The molecular formula is C23H22ClF3N4O. The van der Waals surface area contributed by atoms with Crippen molar-refractivity contribution in [2.75, 3.05) is 5.32 Å². The Hall–Kier alpha value is -2.76. The number of hydrogen-bond acceptors (Lipinski definition) is 4. The predicted octanol–water partition coefficient (Wildman–Crippen LogP) is 5.74. The zero-order chi connectivity index (χ0) is 23.1. The molecule has 0 atom stereocenters. The summed E-state index contributed by atoms with van der Waals surface area (Å²) >= 11 is 6.50. The van der Waals surface area contributed by atoms with E-state index in [2.05, 4.69) is 16.4 Å². The van der Waals surface area contributed by atoms with E-state index in [-0.39, 0.29) is 22.9 Å². The van der Waals surface area contributed by atoms with E-state index in [4.69, 9.17) is 11.6 Å². The first-order chi connectivity index (χ1) is 15.1. The SMILES string of the molecule is CC1(O)CCC(Nc2ccc(-c3ccn4c(CC(F)(F)F)cnc4c3C#N)cc2Cl)CC1. The number of aliphatic hydroxyl groups is 1. The van der Waals surface area contributed by atoms with Crippen molar-refractivity contribution in [2.24, 2.45) is 0 Å². The number of nitriles is 1. The zero-order valence-corrected chi connectivity index (χ0v) is 18.1. The monoisotopic (exact) mass is 462 g/mol. The maximum Gasteiger partial charge on any atom is 0.394 e. The van der Waals surface area contributed by atoms with Crippen LogP contribution in [0.1, 0.15) is 43.9 Å². The second-order valence-corrected chi connectivity index (χ2v) is 8.97. The molecule has 0 saturated heterocycles. The average Bonchev–Trinajstić information content (AvgIpc) is 3.11. The van der Waals surface area contributed by atoms with Crippen LogP contribution in [0.5, 0.6) is 0 Å². The molecule has 0 unspecified atom stereocenters. The van der Waals surface area contributed by atoms with Gasteiger partial charge in [-0.25, -0.2) is 4.98 Å². The van der Waals surface area contributed by atoms with Gasteiger partial charge in [0, 0.05) is 24.0 Å². The summed E-state index contributed by atoms with van der Waals surface area (Å²) in [6, 6.07) is 9.27. The molecule has 4 rings (SSSR count). The van der Waals surface area contributed by atoms with Crippen LogP contribution in [0, 0.1) is 11.3 Å². The minimum Gasteiger partial charge on any atom is -0.390 e. The van der Waals surface area contributed by atoms with Crippen molar-refractivity contribution in [1.29, 1.82) is 5.26 Å². The Morgan fingerprint density at radius 2 is 2.03 bits per heavy atom. The number of nitrogens with zero attached hydrogens (tertiary/aromatic N) is 3. The molecule has 0 aliphatic heterocycles. The summed E-state index contributed by atoms with van der Waals surface area (Å²) in [6.45, 7) is 1.85. The van der Waals surface area contributed by atoms with Gasteiger partial charge in [-0.15, -0.1) is 0 Å². The molecule has 0 radical (unpaired) electrons. The molecule has 0 spiro atoms. The Kier molecular flexibility index (Phi) is 5.82. The number of nitrogens with one attached hydrogen (secondary N) is 1. The fourth-order valence-corrected chi connectivity index (χ4v) is 4.43. The molecule has 168 valence electrons. The highest BCUT2D eigenvalue weighted by Gasteiger charge is 2.30. The van der Waals surface area contributed by atoms with E-state index in [9.17, 15) is 23.5 Å². The van der Waals surface area contributed by atoms with E-state index in [1.807, 2.05) is 19.1 Å². The first-order valence-corrected chi connectivity index (χ1v) is 10.7. The molecule has 2 heterocycles. The molecule has 0 amide bonds. The van der Waals surface area contributed by atoms with Crippen molar-refractivity contribution in [3.8, 4) is 17.2 Å². The Balaban J connectivity index is 1.62. The minimum absolute atomic E-state index is 0.0282. The summed E-state index contributed by atoms with van der Waals surface area (Å²) in [5.74, 6) is 0. The van der Waals surface area contributed by atoms with Crippen molar-refractivity contribution >= 4 is 22.9 Å². The molecule has 3 aromatic rings. The molecular weight excluding hydrogens is 441 g/mol. The van der Waals surface area contributed by atoms with Crippen molar-refractivity contribution in [3.05, 3.63) is 52.9 Å². The number of benzene rings is 1. The molecule has 2 N–H and O–H groups in total. The number of hydrogen-bond donors (Lipinski definition) is 2. The summed E-state index contributed by atoms with van der Waals surface area (Å²) in [5.41, 5.74) is 1.70. The van der Waals surface area contributed by atoms with E-state index >= 15 is 0 Å². The third-order valence-electron chi connectivity index (χ3n) is 5.95. The summed E-state index contributed by atoms with van der Waals surface area (Å²) in [4.78, 5) is 4.06. The fraction of sp³-hybridized carbons (Fsp3) is 0.391. The molecule has 1 fully saturated rings. The normalized spacial score (nSPS) is 21.5. The standard InChI is InChI=1S/C23H22ClF3N4O/c1-22(32)7-4-15(5-8-22)30-20-3-2-14(10-19(20)24)17-6-9-31-16(11-23(25,26)27)13-29-21(31)18(17)12-28/h2-3,6,9-10,13,15,30,32H,4-5,7-8,11H2,1H3. The van der Waals surface area contributed by atoms with Gasteiger partial charge >= 0.3 is 6.18 Å². The first-order valence-electron chi connectivity index (χ1n) is 10.3. The summed E-state index contributed by atoms with van der Waals surface area (Å²) < 4.78 is 39.8. The van der Waals surface area contributed by atoms with Gasteiger partial charge in [-0.1, -0.05) is 17.7 Å². The molecule has 0 bridgehead atoms. The molecule has 1 aliphatic rings. The lowest BCUT2D eigenvalue weighted by molar-refractivity contribution is -0.127. The van der Waals surface area contributed by atoms with Gasteiger partial charge in [-0.2, -0.15) is 18.4 Å². The molecule has 1 aromatic carbocycles. The number of rotatable bonds is 4. The van der Waals surface area contributed by atoms with Crippen LogP contribution in [0.4, 0.5) is 18.9 Å². The van der Waals surface area contributed by atoms with E-state index in [0.29, 0.717) is 29.0 Å². The van der Waals surface area contributed by atoms with E-state index in [0.717, 1.165) is 24.7 Å². The topological polar surface area (TPSA) is 73.3 Å². The van der Waals surface area contributed by atoms with Crippen LogP contribution in [-0.2, 0) is 6.42 Å². The molecule has 9 heteroatoms. The van der Waals surface area contributed by atoms with Crippen LogP contribution in [0.3, 0.4) is 0 Å². The summed E-state index contributed by atoms with van der Waals surface area (Å²) in [6.07, 6.45) is 0.246. The fourth-order valence-electron chi connectivity index (χ4n) is 4.19. The van der Waals surface area contributed by atoms with Crippen molar-refractivity contribution in [3.63, 3.8) is 0 Å². The third kappa shape index (κ3) is 4.69. The van der Waals surface area contributed by atoms with Gasteiger partial charge in [-0.05, 0) is 56.4 Å². The lowest BCUT2D eigenvalue weighted by Crippen LogP contribution is -2.35. The summed E-state index contributed by atoms with van der Waals surface area (Å²) in [5, 5.41) is 23.7. The van der Waals surface area contributed by atoms with Crippen molar-refractivity contribution < 1.29 is 18.3 Å². The van der Waals surface area contributed by atoms with E-state index in [1.165, 1.54) is 10.6 Å². The van der Waals surface area contributed by atoms with Gasteiger partial charge in [0.25, 0.3) is 0 Å². The smallest absolute Gasteiger partial charge is 0.390 e. The van der Waals surface area contributed by atoms with Gasteiger partial charge in [0.1, 0.15) is 11.6 Å². The molecule has 2 aromatic heterocycles. The number of imidazole rings is 1.